The van der Waals surface area contributed by atoms with Gasteiger partial charge in [-0.15, -0.1) is 0 Å². The van der Waals surface area contributed by atoms with Crippen molar-refractivity contribution in [2.45, 2.75) is 19.3 Å². The third-order valence-corrected chi connectivity index (χ3v) is 5.04. The van der Waals surface area contributed by atoms with Crippen LogP contribution in [-0.4, -0.2) is 42.6 Å². The van der Waals surface area contributed by atoms with Crippen LogP contribution >= 0.6 is 0 Å². The van der Waals surface area contributed by atoms with Gasteiger partial charge in [0.05, 0.1) is 14.2 Å². The summed E-state index contributed by atoms with van der Waals surface area (Å²) in [5, 5.41) is 0. The van der Waals surface area contributed by atoms with Crippen molar-refractivity contribution in [3.63, 3.8) is 0 Å². The molecular weight excluding hydrogens is 346 g/mol. The minimum absolute atomic E-state index is 0.112. The van der Waals surface area contributed by atoms with Crippen LogP contribution < -0.4 is 9.47 Å². The lowest BCUT2D eigenvalue weighted by molar-refractivity contribution is -0.122. The maximum Gasteiger partial charge on any atom is 0.259 e. The van der Waals surface area contributed by atoms with Crippen LogP contribution in [-0.2, 0) is 9.59 Å². The number of aliphatic imine (C=N–C) groups is 2. The summed E-state index contributed by atoms with van der Waals surface area (Å²) in [7, 11) is 3.10. The molecule has 7 heteroatoms. The van der Waals surface area contributed by atoms with Gasteiger partial charge in [0.2, 0.25) is 5.91 Å². The number of carbonyl (C=O) groups excluding carboxylic acids is 2. The van der Waals surface area contributed by atoms with Gasteiger partial charge >= 0.3 is 0 Å². The van der Waals surface area contributed by atoms with Gasteiger partial charge in [-0.2, -0.15) is 9.98 Å². The molecule has 0 spiro atoms. The molecule has 0 radical (unpaired) electrons. The first kappa shape index (κ1) is 17.2. The maximum atomic E-state index is 12.9. The first-order valence-corrected chi connectivity index (χ1v) is 8.64. The Labute approximate surface area is 156 Å². The second kappa shape index (κ2) is 6.50. The molecule has 0 saturated carbocycles. The minimum Gasteiger partial charge on any atom is -0.493 e. The SMILES string of the molecule is COc1cccc(C2CC(=O)N=C3C2C(=O)N=C2C(C)=CC=CN23)c1OC. The van der Waals surface area contributed by atoms with E-state index in [1.807, 2.05) is 31.2 Å². The molecule has 4 rings (SSSR count). The number of nitrogens with zero attached hydrogens (tertiary/aromatic N) is 3. The highest BCUT2D eigenvalue weighted by molar-refractivity contribution is 6.25. The average Bonchev–Trinajstić information content (AvgIpc) is 2.67. The van der Waals surface area contributed by atoms with Crippen molar-refractivity contribution in [1.29, 1.82) is 0 Å². The van der Waals surface area contributed by atoms with E-state index in [0.29, 0.717) is 23.2 Å². The molecule has 27 heavy (non-hydrogen) atoms. The molecular formula is C20H19N3O4. The zero-order valence-electron chi connectivity index (χ0n) is 15.3. The van der Waals surface area contributed by atoms with E-state index in [1.165, 1.54) is 0 Å². The monoisotopic (exact) mass is 365 g/mol. The van der Waals surface area contributed by atoms with Crippen LogP contribution in [0.3, 0.4) is 0 Å². The number of hydrogen-bond donors (Lipinski definition) is 0. The minimum atomic E-state index is -0.650. The number of hydrogen-bond acceptors (Lipinski definition) is 5. The van der Waals surface area contributed by atoms with Crippen LogP contribution in [0, 0.1) is 5.92 Å². The second-order valence-electron chi connectivity index (χ2n) is 6.57. The molecule has 0 aliphatic carbocycles. The van der Waals surface area contributed by atoms with Crippen molar-refractivity contribution < 1.29 is 19.1 Å². The smallest absolute Gasteiger partial charge is 0.259 e. The summed E-state index contributed by atoms with van der Waals surface area (Å²) in [4.78, 5) is 35.6. The highest BCUT2D eigenvalue weighted by atomic mass is 16.5. The second-order valence-corrected chi connectivity index (χ2v) is 6.57. The Morgan fingerprint density at radius 2 is 1.96 bits per heavy atom. The summed E-state index contributed by atoms with van der Waals surface area (Å²) in [6, 6.07) is 5.46. The number of para-hydroxylation sites is 1. The maximum absolute atomic E-state index is 12.9. The lowest BCUT2D eigenvalue weighted by Gasteiger charge is -2.39. The van der Waals surface area contributed by atoms with E-state index in [4.69, 9.17) is 9.47 Å². The molecule has 2 unspecified atom stereocenters. The lowest BCUT2D eigenvalue weighted by atomic mass is 9.78. The quantitative estimate of drug-likeness (QED) is 0.822. The number of methoxy groups -OCH3 is 2. The topological polar surface area (TPSA) is 80.6 Å². The Bertz CT molecular complexity index is 958. The van der Waals surface area contributed by atoms with Crippen LogP contribution in [0.5, 0.6) is 11.5 Å². The molecule has 1 aromatic carbocycles. The van der Waals surface area contributed by atoms with Crippen molar-refractivity contribution in [2.24, 2.45) is 15.9 Å². The van der Waals surface area contributed by atoms with Gasteiger partial charge in [-0.05, 0) is 24.6 Å². The van der Waals surface area contributed by atoms with E-state index >= 15 is 0 Å². The van der Waals surface area contributed by atoms with Crippen molar-refractivity contribution in [3.8, 4) is 11.5 Å². The van der Waals surface area contributed by atoms with E-state index in [0.717, 1.165) is 11.1 Å². The van der Waals surface area contributed by atoms with E-state index in [9.17, 15) is 9.59 Å². The molecule has 3 aliphatic heterocycles. The van der Waals surface area contributed by atoms with Gasteiger partial charge in [0.15, 0.2) is 11.5 Å². The van der Waals surface area contributed by atoms with E-state index in [1.54, 1.807) is 31.4 Å². The fourth-order valence-corrected chi connectivity index (χ4v) is 3.82. The molecule has 7 nitrogen and oxygen atoms in total. The number of fused-ring (bicyclic) bond motifs is 3. The number of benzene rings is 1. The van der Waals surface area contributed by atoms with Gasteiger partial charge in [-0.3, -0.25) is 14.5 Å². The standard InChI is InChI=1S/C20H19N3O4/c1-11-6-5-9-23-18(11)22-20(25)16-13(10-15(24)21-19(16)23)12-7-4-8-14(26-2)17(12)27-3/h4-9,13,16H,10H2,1-3H3. The number of ether oxygens (including phenoxy) is 2. The Morgan fingerprint density at radius 3 is 2.70 bits per heavy atom. The van der Waals surface area contributed by atoms with E-state index in [2.05, 4.69) is 9.98 Å². The molecule has 3 aliphatic rings. The fraction of sp³-hybridized carbons (Fsp3) is 0.300. The van der Waals surface area contributed by atoms with Gasteiger partial charge in [-0.1, -0.05) is 18.2 Å². The zero-order valence-corrected chi connectivity index (χ0v) is 15.3. The van der Waals surface area contributed by atoms with Crippen LogP contribution in [0.15, 0.2) is 52.1 Å². The fourth-order valence-electron chi connectivity index (χ4n) is 3.82. The third-order valence-electron chi connectivity index (χ3n) is 5.04. The summed E-state index contributed by atoms with van der Waals surface area (Å²) in [6.45, 7) is 1.87. The first-order valence-electron chi connectivity index (χ1n) is 8.64. The van der Waals surface area contributed by atoms with Gasteiger partial charge < -0.3 is 9.47 Å². The molecule has 138 valence electrons. The Hall–Kier alpha value is -3.22. The Kier molecular flexibility index (Phi) is 4.14. The molecule has 0 N–H and O–H groups in total. The highest BCUT2D eigenvalue weighted by Crippen LogP contribution is 2.44. The summed E-state index contributed by atoms with van der Waals surface area (Å²) >= 11 is 0. The van der Waals surface area contributed by atoms with Crippen molar-refractivity contribution in [1.82, 2.24) is 4.90 Å². The average molecular weight is 365 g/mol. The third kappa shape index (κ3) is 2.66. The number of allylic oxidation sites excluding steroid dienone is 2. The van der Waals surface area contributed by atoms with E-state index < -0.39 is 11.8 Å². The number of amides is 2. The summed E-state index contributed by atoms with van der Waals surface area (Å²) < 4.78 is 10.9. The number of rotatable bonds is 3. The molecule has 0 saturated heterocycles. The van der Waals surface area contributed by atoms with Crippen molar-refractivity contribution in [2.75, 3.05) is 14.2 Å². The summed E-state index contributed by atoms with van der Waals surface area (Å²) in [6.07, 6.45) is 5.61. The van der Waals surface area contributed by atoms with Crippen LogP contribution in [0.25, 0.3) is 0 Å². The lowest BCUT2D eigenvalue weighted by Crippen LogP contribution is -2.50. The van der Waals surface area contributed by atoms with Crippen LogP contribution in [0.1, 0.15) is 24.8 Å². The van der Waals surface area contributed by atoms with Gasteiger partial charge in [0, 0.05) is 24.1 Å². The largest absolute Gasteiger partial charge is 0.493 e. The van der Waals surface area contributed by atoms with Crippen LogP contribution in [0.4, 0.5) is 0 Å². The Balaban J connectivity index is 1.86. The molecule has 2 amide bonds. The van der Waals surface area contributed by atoms with Gasteiger partial charge in [0.25, 0.3) is 5.91 Å². The van der Waals surface area contributed by atoms with Gasteiger partial charge in [0.1, 0.15) is 17.6 Å². The normalized spacial score (nSPS) is 23.8. The van der Waals surface area contributed by atoms with Gasteiger partial charge in [-0.25, -0.2) is 0 Å². The highest BCUT2D eigenvalue weighted by Gasteiger charge is 2.46. The predicted molar refractivity (Wildman–Crippen MR) is 100 cm³/mol. The van der Waals surface area contributed by atoms with Crippen molar-refractivity contribution >= 4 is 23.5 Å². The number of carbonyl (C=O) groups is 2. The van der Waals surface area contributed by atoms with Crippen LogP contribution in [0.2, 0.25) is 0 Å². The van der Waals surface area contributed by atoms with E-state index in [-0.39, 0.29) is 18.2 Å². The summed E-state index contributed by atoms with van der Waals surface area (Å²) in [5.41, 5.74) is 1.59. The molecule has 1 aromatic rings. The van der Waals surface area contributed by atoms with Crippen molar-refractivity contribution in [3.05, 3.63) is 47.7 Å². The summed E-state index contributed by atoms with van der Waals surface area (Å²) in [5.74, 6) is 0.359. The zero-order chi connectivity index (χ0) is 19.1. The molecule has 3 heterocycles. The molecule has 2 atom stereocenters. The first-order chi connectivity index (χ1) is 13.0. The number of amidine groups is 2. The molecule has 0 bridgehead atoms. The molecule has 0 aromatic heterocycles. The predicted octanol–water partition coefficient (Wildman–Crippen LogP) is 2.45. The Morgan fingerprint density at radius 1 is 1.15 bits per heavy atom. The molecule has 0 fully saturated rings.